The van der Waals surface area contributed by atoms with Crippen LogP contribution in [-0.2, 0) is 4.79 Å². The topological polar surface area (TPSA) is 76.8 Å². The maximum Gasteiger partial charge on any atom is 0.229 e. The van der Waals surface area contributed by atoms with Crippen molar-refractivity contribution < 1.29 is 14.3 Å². The molecule has 0 aliphatic heterocycles. The second-order valence-corrected chi connectivity index (χ2v) is 7.67. The summed E-state index contributed by atoms with van der Waals surface area (Å²) in [7, 11) is 1.62. The number of benzene rings is 1. The summed E-state index contributed by atoms with van der Waals surface area (Å²) in [4.78, 5) is 15.1. The highest BCUT2D eigenvalue weighted by Gasteiger charge is 2.49. The maximum absolute atomic E-state index is 12.8. The number of halogens is 2. The molecule has 2 fully saturated rings. The Bertz CT molecular complexity index is 656. The first-order valence-electron chi connectivity index (χ1n) is 10.2. The second kappa shape index (κ2) is 11.8. The van der Waals surface area contributed by atoms with Crippen LogP contribution in [0.2, 0.25) is 0 Å². The number of carbonyl (C=O) groups excluding carboxylic acids is 1. The zero-order valence-electron chi connectivity index (χ0n) is 17.6. The first kappa shape index (κ1) is 25.8. The lowest BCUT2D eigenvalue weighted by Crippen LogP contribution is -2.42. The quantitative estimate of drug-likeness (QED) is 0.604. The summed E-state index contributed by atoms with van der Waals surface area (Å²) < 4.78 is 11.3. The zero-order valence-corrected chi connectivity index (χ0v) is 19.2. The van der Waals surface area contributed by atoms with Gasteiger partial charge in [-0.3, -0.25) is 4.79 Å². The Balaban J connectivity index is 0.00000210. The van der Waals surface area contributed by atoms with E-state index in [9.17, 15) is 4.79 Å². The highest BCUT2D eigenvalue weighted by atomic mass is 35.5. The number of rotatable bonds is 9. The van der Waals surface area contributed by atoms with Gasteiger partial charge in [-0.25, -0.2) is 0 Å². The van der Waals surface area contributed by atoms with E-state index in [2.05, 4.69) is 24.1 Å². The number of nitrogens with zero attached hydrogens (tertiary/aromatic N) is 1. The SMILES string of the molecule is CCN(CC)CCOc1cc(NC(=O)C2C3CCC(C3)C2N)ccc1OC.Cl.Cl. The lowest BCUT2D eigenvalue weighted by molar-refractivity contribution is -0.121. The van der Waals surface area contributed by atoms with E-state index in [0.717, 1.165) is 38.2 Å². The van der Waals surface area contributed by atoms with Gasteiger partial charge in [-0.15, -0.1) is 24.8 Å². The minimum absolute atomic E-state index is 0. The van der Waals surface area contributed by atoms with E-state index in [1.54, 1.807) is 7.11 Å². The van der Waals surface area contributed by atoms with E-state index in [-0.39, 0.29) is 42.7 Å². The lowest BCUT2D eigenvalue weighted by atomic mass is 9.84. The molecule has 2 saturated carbocycles. The third-order valence-electron chi connectivity index (χ3n) is 6.27. The van der Waals surface area contributed by atoms with Gasteiger partial charge in [0.2, 0.25) is 5.91 Å². The molecule has 3 rings (SSSR count). The molecule has 0 aromatic heterocycles. The van der Waals surface area contributed by atoms with Crippen molar-refractivity contribution in [3.05, 3.63) is 18.2 Å². The van der Waals surface area contributed by atoms with Crippen LogP contribution in [0, 0.1) is 17.8 Å². The van der Waals surface area contributed by atoms with E-state index < -0.39 is 0 Å². The molecule has 0 spiro atoms. The van der Waals surface area contributed by atoms with E-state index in [1.807, 2.05) is 18.2 Å². The molecule has 0 heterocycles. The molecular formula is C21H35Cl2N3O3. The van der Waals surface area contributed by atoms with Gasteiger partial charge in [-0.05, 0) is 56.3 Å². The van der Waals surface area contributed by atoms with Crippen LogP contribution < -0.4 is 20.5 Å². The fourth-order valence-corrected chi connectivity index (χ4v) is 4.64. The summed E-state index contributed by atoms with van der Waals surface area (Å²) in [6.07, 6.45) is 3.39. The highest BCUT2D eigenvalue weighted by molar-refractivity contribution is 5.94. The van der Waals surface area contributed by atoms with Crippen LogP contribution >= 0.6 is 24.8 Å². The summed E-state index contributed by atoms with van der Waals surface area (Å²) in [5.41, 5.74) is 7.03. The molecule has 2 aliphatic carbocycles. The number of amides is 1. The largest absolute Gasteiger partial charge is 0.493 e. The number of carbonyl (C=O) groups is 1. The number of hydrogen-bond acceptors (Lipinski definition) is 5. The fourth-order valence-electron chi connectivity index (χ4n) is 4.64. The highest BCUT2D eigenvalue weighted by Crippen LogP contribution is 2.48. The van der Waals surface area contributed by atoms with Crippen molar-refractivity contribution in [1.29, 1.82) is 0 Å². The van der Waals surface area contributed by atoms with Crippen LogP contribution in [0.3, 0.4) is 0 Å². The number of likely N-dealkylation sites (N-methyl/N-ethyl adjacent to an activating group) is 1. The van der Waals surface area contributed by atoms with E-state index >= 15 is 0 Å². The normalized spacial score (nSPS) is 24.6. The molecule has 4 unspecified atom stereocenters. The number of anilines is 1. The van der Waals surface area contributed by atoms with Gasteiger partial charge in [0.15, 0.2) is 11.5 Å². The average Bonchev–Trinajstić information content (AvgIpc) is 3.26. The molecule has 3 N–H and O–H groups in total. The van der Waals surface area contributed by atoms with Crippen LogP contribution in [0.15, 0.2) is 18.2 Å². The Morgan fingerprint density at radius 3 is 2.45 bits per heavy atom. The summed E-state index contributed by atoms with van der Waals surface area (Å²) in [5.74, 6) is 2.24. The van der Waals surface area contributed by atoms with Crippen molar-refractivity contribution in [3.8, 4) is 11.5 Å². The molecular weight excluding hydrogens is 413 g/mol. The van der Waals surface area contributed by atoms with Gasteiger partial charge in [0.1, 0.15) is 6.61 Å². The van der Waals surface area contributed by atoms with E-state index in [0.29, 0.717) is 29.9 Å². The van der Waals surface area contributed by atoms with Gasteiger partial charge in [0.05, 0.1) is 13.0 Å². The third-order valence-corrected chi connectivity index (χ3v) is 6.27. The number of hydrogen-bond donors (Lipinski definition) is 2. The van der Waals surface area contributed by atoms with Crippen molar-refractivity contribution in [2.75, 3.05) is 38.7 Å². The first-order valence-corrected chi connectivity index (χ1v) is 10.2. The second-order valence-electron chi connectivity index (χ2n) is 7.67. The van der Waals surface area contributed by atoms with Crippen LogP contribution in [0.25, 0.3) is 0 Å². The Kier molecular flexibility index (Phi) is 10.5. The molecule has 0 saturated heterocycles. The summed E-state index contributed by atoms with van der Waals surface area (Å²) in [6, 6.07) is 5.53. The Labute approximate surface area is 186 Å². The molecule has 4 atom stereocenters. The standard InChI is InChI=1S/C21H33N3O3.2ClH/c1-4-24(5-2)10-11-27-18-13-16(8-9-17(18)26-3)23-21(25)19-14-6-7-15(12-14)20(19)22;;/h8-9,13-15,19-20H,4-7,10-12,22H2,1-3H3,(H,23,25);2*1H. The van der Waals surface area contributed by atoms with Gasteiger partial charge in [0.25, 0.3) is 0 Å². The van der Waals surface area contributed by atoms with Gasteiger partial charge in [-0.2, -0.15) is 0 Å². The fraction of sp³-hybridized carbons (Fsp3) is 0.667. The molecule has 1 aromatic rings. The molecule has 0 radical (unpaired) electrons. The predicted octanol–water partition coefficient (Wildman–Crippen LogP) is 3.57. The number of nitrogens with one attached hydrogen (secondary N) is 1. The number of nitrogens with two attached hydrogens (primary N) is 1. The molecule has 8 heteroatoms. The van der Waals surface area contributed by atoms with Gasteiger partial charge >= 0.3 is 0 Å². The predicted molar refractivity (Wildman–Crippen MR) is 122 cm³/mol. The molecule has 166 valence electrons. The van der Waals surface area contributed by atoms with E-state index in [1.165, 1.54) is 6.42 Å². The minimum atomic E-state index is -0.0714. The van der Waals surface area contributed by atoms with Gasteiger partial charge in [0, 0.05) is 24.3 Å². The first-order chi connectivity index (χ1) is 13.1. The van der Waals surface area contributed by atoms with Crippen molar-refractivity contribution in [1.82, 2.24) is 4.90 Å². The van der Waals surface area contributed by atoms with Crippen molar-refractivity contribution >= 4 is 36.4 Å². The molecule has 1 aromatic carbocycles. The zero-order chi connectivity index (χ0) is 19.4. The van der Waals surface area contributed by atoms with E-state index in [4.69, 9.17) is 15.2 Å². The third kappa shape index (κ3) is 5.91. The molecule has 6 nitrogen and oxygen atoms in total. The molecule has 29 heavy (non-hydrogen) atoms. The molecule has 2 aliphatic rings. The molecule has 2 bridgehead atoms. The lowest BCUT2D eigenvalue weighted by Gasteiger charge is -2.27. The Morgan fingerprint density at radius 1 is 1.17 bits per heavy atom. The Hall–Kier alpha value is -1.21. The maximum atomic E-state index is 12.8. The van der Waals surface area contributed by atoms with Gasteiger partial charge in [-0.1, -0.05) is 13.8 Å². The van der Waals surface area contributed by atoms with Crippen LogP contribution in [0.1, 0.15) is 33.1 Å². The van der Waals surface area contributed by atoms with Crippen LogP contribution in [0.4, 0.5) is 5.69 Å². The summed E-state index contributed by atoms with van der Waals surface area (Å²) >= 11 is 0. The summed E-state index contributed by atoms with van der Waals surface area (Å²) in [6.45, 7) is 7.70. The van der Waals surface area contributed by atoms with Crippen LogP contribution in [-0.4, -0.2) is 50.2 Å². The van der Waals surface area contributed by atoms with Crippen molar-refractivity contribution in [2.24, 2.45) is 23.5 Å². The van der Waals surface area contributed by atoms with Crippen LogP contribution in [0.5, 0.6) is 11.5 Å². The van der Waals surface area contributed by atoms with Gasteiger partial charge < -0.3 is 25.4 Å². The summed E-state index contributed by atoms with van der Waals surface area (Å²) in [5, 5.41) is 3.05. The number of methoxy groups -OCH3 is 1. The monoisotopic (exact) mass is 447 g/mol. The molecule has 1 amide bonds. The number of ether oxygens (including phenoxy) is 2. The Morgan fingerprint density at radius 2 is 1.86 bits per heavy atom. The average molecular weight is 448 g/mol. The van der Waals surface area contributed by atoms with Crippen molar-refractivity contribution in [3.63, 3.8) is 0 Å². The van der Waals surface area contributed by atoms with Crippen molar-refractivity contribution in [2.45, 2.75) is 39.2 Å². The number of fused-ring (bicyclic) bond motifs is 2. The smallest absolute Gasteiger partial charge is 0.229 e. The minimum Gasteiger partial charge on any atom is -0.493 e.